The number of phosphoric acid groups is 1. The van der Waals surface area contributed by atoms with Gasteiger partial charge in [0, 0.05) is 0 Å². The maximum Gasteiger partial charge on any atom is 0.473 e. The standard InChI is InChI=1S/C6H14O6P2/c1-3-5-11-14(9,10)12-6(4-2)13(7)8/h6H,3-5H2,1-2H3,(H,9,10). The van der Waals surface area contributed by atoms with Crippen molar-refractivity contribution in [2.24, 2.45) is 0 Å². The van der Waals surface area contributed by atoms with Crippen LogP contribution in [0.25, 0.3) is 0 Å². The van der Waals surface area contributed by atoms with E-state index in [1.807, 2.05) is 0 Å². The Balaban J connectivity index is 4.25. The molecule has 0 amide bonds. The van der Waals surface area contributed by atoms with Gasteiger partial charge >= 0.3 is 15.5 Å². The maximum atomic E-state index is 11.1. The van der Waals surface area contributed by atoms with E-state index in [0.717, 1.165) is 0 Å². The van der Waals surface area contributed by atoms with Gasteiger partial charge in [0.25, 0.3) is 0 Å². The van der Waals surface area contributed by atoms with E-state index in [9.17, 15) is 13.7 Å². The van der Waals surface area contributed by atoms with Crippen molar-refractivity contribution in [2.75, 3.05) is 6.61 Å². The van der Waals surface area contributed by atoms with Gasteiger partial charge in [-0.3, -0.25) is 9.05 Å². The average molecular weight is 244 g/mol. The second-order valence-electron chi connectivity index (χ2n) is 2.56. The van der Waals surface area contributed by atoms with E-state index in [2.05, 4.69) is 9.05 Å². The fraction of sp³-hybridized carbons (Fsp3) is 1.00. The van der Waals surface area contributed by atoms with Crippen LogP contribution in [-0.4, -0.2) is 17.3 Å². The van der Waals surface area contributed by atoms with E-state index in [0.29, 0.717) is 6.42 Å². The van der Waals surface area contributed by atoms with Gasteiger partial charge in [0.2, 0.25) is 0 Å². The van der Waals surface area contributed by atoms with Crippen molar-refractivity contribution >= 4 is 15.5 Å². The Morgan fingerprint density at radius 2 is 2.00 bits per heavy atom. The van der Waals surface area contributed by atoms with Crippen molar-refractivity contribution in [3.05, 3.63) is 0 Å². The summed E-state index contributed by atoms with van der Waals surface area (Å²) >= 11 is 0. The molecule has 0 rings (SSSR count). The van der Waals surface area contributed by atoms with E-state index in [1.165, 1.54) is 6.92 Å². The molecule has 1 N–H and O–H groups in total. The van der Waals surface area contributed by atoms with Crippen LogP contribution in [0.15, 0.2) is 0 Å². The van der Waals surface area contributed by atoms with Gasteiger partial charge in [0.1, 0.15) is 0 Å². The third kappa shape index (κ3) is 5.68. The molecular formula is C6H14O6P2. The second-order valence-corrected chi connectivity index (χ2v) is 5.11. The highest BCUT2D eigenvalue weighted by molar-refractivity contribution is 7.48. The van der Waals surface area contributed by atoms with Crippen LogP contribution in [0.3, 0.4) is 0 Å². The Labute approximate surface area is 83.0 Å². The molecule has 6 nitrogen and oxygen atoms in total. The predicted octanol–water partition coefficient (Wildman–Crippen LogP) is 2.44. The molecule has 0 aliphatic heterocycles. The lowest BCUT2D eigenvalue weighted by Gasteiger charge is -2.13. The molecule has 0 bridgehead atoms. The zero-order valence-corrected chi connectivity index (χ0v) is 9.87. The first-order valence-corrected chi connectivity index (χ1v) is 6.96. The van der Waals surface area contributed by atoms with E-state index >= 15 is 0 Å². The maximum absolute atomic E-state index is 11.1. The van der Waals surface area contributed by atoms with Crippen LogP contribution in [0.5, 0.6) is 0 Å². The zero-order chi connectivity index (χ0) is 11.2. The van der Waals surface area contributed by atoms with E-state index < -0.39 is 21.3 Å². The van der Waals surface area contributed by atoms with Gasteiger partial charge in [0.05, 0.1) is 6.61 Å². The molecule has 0 radical (unpaired) electrons. The van der Waals surface area contributed by atoms with Crippen LogP contribution in [0.1, 0.15) is 26.7 Å². The Hall–Kier alpha value is 0.01000. The Bertz CT molecular complexity index is 265. The molecule has 84 valence electrons. The first-order valence-electron chi connectivity index (χ1n) is 4.22. The molecule has 0 aromatic carbocycles. The van der Waals surface area contributed by atoms with Crippen LogP contribution in [0, 0.1) is 0 Å². The highest BCUT2D eigenvalue weighted by Crippen LogP contribution is 2.47. The molecule has 8 heteroatoms. The Kier molecular flexibility index (Phi) is 6.49. The molecule has 0 fully saturated rings. The summed E-state index contributed by atoms with van der Waals surface area (Å²) in [6.07, 6.45) is 0.660. The molecule has 0 spiro atoms. The third-order valence-electron chi connectivity index (χ3n) is 1.30. The van der Waals surface area contributed by atoms with Crippen molar-refractivity contribution in [3.8, 4) is 0 Å². The number of hydrogen-bond acceptors (Lipinski definition) is 5. The summed E-state index contributed by atoms with van der Waals surface area (Å²) < 4.78 is 41.0. The predicted molar refractivity (Wildman–Crippen MR) is 49.5 cm³/mol. The van der Waals surface area contributed by atoms with Crippen LogP contribution in [0.2, 0.25) is 0 Å². The summed E-state index contributed by atoms with van der Waals surface area (Å²) in [5.41, 5.74) is 0. The summed E-state index contributed by atoms with van der Waals surface area (Å²) in [7, 11) is -7.10. The van der Waals surface area contributed by atoms with E-state index in [-0.39, 0.29) is 13.0 Å². The minimum atomic E-state index is -4.22. The molecule has 0 saturated carbocycles. The molecule has 14 heavy (non-hydrogen) atoms. The van der Waals surface area contributed by atoms with Gasteiger partial charge in [0.15, 0.2) is 5.85 Å². The average Bonchev–Trinajstić information content (AvgIpc) is 2.10. The van der Waals surface area contributed by atoms with Crippen molar-refractivity contribution in [1.82, 2.24) is 0 Å². The first kappa shape index (κ1) is 14.0. The highest BCUT2D eigenvalue weighted by atomic mass is 31.2. The topological polar surface area (TPSA) is 89.9 Å². The zero-order valence-electron chi connectivity index (χ0n) is 8.08. The largest absolute Gasteiger partial charge is 0.473 e. The summed E-state index contributed by atoms with van der Waals surface area (Å²) in [5.74, 6) is -1.27. The van der Waals surface area contributed by atoms with Crippen molar-refractivity contribution in [2.45, 2.75) is 32.5 Å². The SMILES string of the molecule is CCCOP(=O)(O)OC(CC)P(=O)=O. The molecule has 0 aromatic heterocycles. The smallest absolute Gasteiger partial charge is 0.302 e. The molecule has 0 aromatic rings. The van der Waals surface area contributed by atoms with Gasteiger partial charge in [-0.05, 0) is 12.8 Å². The minimum absolute atomic E-state index is 0.0554. The molecule has 0 heterocycles. The Morgan fingerprint density at radius 1 is 1.43 bits per heavy atom. The van der Waals surface area contributed by atoms with Crippen LogP contribution in [0.4, 0.5) is 0 Å². The van der Waals surface area contributed by atoms with E-state index in [4.69, 9.17) is 4.89 Å². The lowest BCUT2D eigenvalue weighted by Crippen LogP contribution is -2.05. The summed E-state index contributed by atoms with van der Waals surface area (Å²) in [6, 6.07) is 0. The first-order chi connectivity index (χ1) is 6.43. The lowest BCUT2D eigenvalue weighted by molar-refractivity contribution is 0.133. The third-order valence-corrected chi connectivity index (χ3v) is 3.43. The minimum Gasteiger partial charge on any atom is -0.302 e. The van der Waals surface area contributed by atoms with Crippen molar-refractivity contribution < 1.29 is 27.6 Å². The van der Waals surface area contributed by atoms with Crippen LogP contribution < -0.4 is 0 Å². The van der Waals surface area contributed by atoms with Gasteiger partial charge in [-0.2, -0.15) is 0 Å². The number of rotatable bonds is 7. The molecule has 0 aliphatic carbocycles. The van der Waals surface area contributed by atoms with E-state index in [1.54, 1.807) is 6.92 Å². The molecule has 2 atom stereocenters. The lowest BCUT2D eigenvalue weighted by atomic mass is 10.5. The van der Waals surface area contributed by atoms with Crippen molar-refractivity contribution in [1.29, 1.82) is 0 Å². The summed E-state index contributed by atoms with van der Waals surface area (Å²) in [5, 5.41) is 0. The molecular weight excluding hydrogens is 230 g/mol. The van der Waals surface area contributed by atoms with Crippen LogP contribution in [-0.2, 0) is 22.7 Å². The quantitative estimate of drug-likeness (QED) is 0.691. The monoisotopic (exact) mass is 244 g/mol. The number of phosphoric ester groups is 1. The highest BCUT2D eigenvalue weighted by Gasteiger charge is 2.28. The molecule has 0 aliphatic rings. The van der Waals surface area contributed by atoms with Crippen LogP contribution >= 0.6 is 15.5 Å². The summed E-state index contributed by atoms with van der Waals surface area (Å²) in [6.45, 7) is 3.35. The second kappa shape index (κ2) is 6.49. The van der Waals surface area contributed by atoms with Gasteiger partial charge in [-0.15, -0.1) is 0 Å². The summed E-state index contributed by atoms with van der Waals surface area (Å²) in [4.78, 5) is 9.04. The molecule has 0 saturated heterocycles. The van der Waals surface area contributed by atoms with Crippen molar-refractivity contribution in [3.63, 3.8) is 0 Å². The van der Waals surface area contributed by atoms with Gasteiger partial charge in [-0.25, -0.2) is 13.7 Å². The van der Waals surface area contributed by atoms with Gasteiger partial charge in [-0.1, -0.05) is 13.8 Å². The normalized spacial score (nSPS) is 17.4. The molecule has 2 unspecified atom stereocenters. The van der Waals surface area contributed by atoms with Gasteiger partial charge < -0.3 is 4.89 Å². The fourth-order valence-corrected chi connectivity index (χ4v) is 2.55. The fourth-order valence-electron chi connectivity index (χ4n) is 0.653. The Morgan fingerprint density at radius 3 is 2.36 bits per heavy atom. The number of hydrogen-bond donors (Lipinski definition) is 1.